The Balaban J connectivity index is 1.45. The molecule has 4 rings (SSSR count). The number of H-pyrrole nitrogens is 1. The Hall–Kier alpha value is -3.16. The van der Waals surface area contributed by atoms with Gasteiger partial charge in [-0.3, -0.25) is 14.2 Å². The van der Waals surface area contributed by atoms with Crippen molar-refractivity contribution in [2.45, 2.75) is 6.54 Å². The van der Waals surface area contributed by atoms with Gasteiger partial charge in [0, 0.05) is 23.5 Å². The van der Waals surface area contributed by atoms with Crippen LogP contribution in [-0.4, -0.2) is 20.4 Å². The third kappa shape index (κ3) is 3.90. The zero-order valence-corrected chi connectivity index (χ0v) is 16.1. The molecule has 1 amide bonds. The van der Waals surface area contributed by atoms with Gasteiger partial charge in [0.1, 0.15) is 5.82 Å². The van der Waals surface area contributed by atoms with Gasteiger partial charge in [-0.05, 0) is 42.5 Å². The minimum atomic E-state index is -0.175. The number of hydrogen-bond donors (Lipinski definition) is 2. The predicted octanol–water partition coefficient (Wildman–Crippen LogP) is 3.87. The van der Waals surface area contributed by atoms with E-state index in [2.05, 4.69) is 15.3 Å². The molecule has 8 heteroatoms. The van der Waals surface area contributed by atoms with E-state index in [-0.39, 0.29) is 11.5 Å². The molecule has 0 aliphatic carbocycles. The van der Waals surface area contributed by atoms with E-state index in [0.29, 0.717) is 21.6 Å². The Morgan fingerprint density at radius 3 is 2.68 bits per heavy atom. The Labute approximate surface area is 169 Å². The maximum atomic E-state index is 12.1. The summed E-state index contributed by atoms with van der Waals surface area (Å²) in [4.78, 5) is 32.1. The number of benzene rings is 1. The number of hydrogen-bond acceptors (Lipinski definition) is 4. The van der Waals surface area contributed by atoms with Crippen molar-refractivity contribution in [1.82, 2.24) is 19.9 Å². The maximum absolute atomic E-state index is 12.1. The van der Waals surface area contributed by atoms with E-state index in [1.165, 1.54) is 17.4 Å². The molecule has 1 aromatic carbocycles. The highest BCUT2D eigenvalue weighted by Gasteiger charge is 2.10. The molecule has 28 heavy (non-hydrogen) atoms. The summed E-state index contributed by atoms with van der Waals surface area (Å²) in [5.74, 6) is 0.515. The lowest BCUT2D eigenvalue weighted by Crippen LogP contribution is -2.21. The lowest BCUT2D eigenvalue weighted by Gasteiger charge is -2.05. The fourth-order valence-electron chi connectivity index (χ4n) is 2.72. The van der Waals surface area contributed by atoms with E-state index in [9.17, 15) is 9.59 Å². The van der Waals surface area contributed by atoms with E-state index in [1.807, 2.05) is 30.3 Å². The van der Waals surface area contributed by atoms with Crippen molar-refractivity contribution in [2.24, 2.45) is 0 Å². The molecule has 0 bridgehead atoms. The number of nitrogens with one attached hydrogen (secondary N) is 2. The van der Waals surface area contributed by atoms with E-state index in [1.54, 1.807) is 35.2 Å². The van der Waals surface area contributed by atoms with E-state index in [4.69, 9.17) is 11.6 Å². The Kier molecular flexibility index (Phi) is 5.10. The molecule has 3 heterocycles. The van der Waals surface area contributed by atoms with E-state index < -0.39 is 0 Å². The molecule has 0 fully saturated rings. The third-order valence-corrected chi connectivity index (χ3v) is 5.34. The number of carbonyl (C=O) groups excluding carboxylic acids is 1. The lowest BCUT2D eigenvalue weighted by molar-refractivity contribution is 0.0954. The van der Waals surface area contributed by atoms with Gasteiger partial charge in [0.2, 0.25) is 0 Å². The molecule has 0 saturated heterocycles. The number of nitrogens with zero attached hydrogens (tertiary/aromatic N) is 2. The number of aromatic nitrogens is 3. The number of thiophene rings is 1. The van der Waals surface area contributed by atoms with Crippen LogP contribution in [0.4, 0.5) is 0 Å². The second kappa shape index (κ2) is 7.84. The van der Waals surface area contributed by atoms with Gasteiger partial charge >= 0.3 is 0 Å². The zero-order valence-electron chi connectivity index (χ0n) is 14.6. The molecule has 0 radical (unpaired) electrons. The van der Waals surface area contributed by atoms with Gasteiger partial charge in [-0.25, -0.2) is 4.98 Å². The summed E-state index contributed by atoms with van der Waals surface area (Å²) in [7, 11) is 0. The van der Waals surface area contributed by atoms with Crippen LogP contribution in [0, 0.1) is 0 Å². The van der Waals surface area contributed by atoms with Crippen molar-refractivity contribution >= 4 is 28.8 Å². The molecular formula is C20H15ClN4O2S. The van der Waals surface area contributed by atoms with Gasteiger partial charge in [-0.2, -0.15) is 0 Å². The molecule has 0 spiro atoms. The summed E-state index contributed by atoms with van der Waals surface area (Å²) >= 11 is 7.09. The predicted molar refractivity (Wildman–Crippen MR) is 110 cm³/mol. The number of carbonyl (C=O) groups is 1. The van der Waals surface area contributed by atoms with E-state index in [0.717, 1.165) is 16.9 Å². The Bertz CT molecular complexity index is 1180. The van der Waals surface area contributed by atoms with Gasteiger partial charge in [0.25, 0.3) is 11.5 Å². The van der Waals surface area contributed by atoms with Crippen LogP contribution in [0.15, 0.2) is 71.8 Å². The van der Waals surface area contributed by atoms with Crippen LogP contribution < -0.4 is 10.9 Å². The van der Waals surface area contributed by atoms with Crippen molar-refractivity contribution < 1.29 is 4.79 Å². The SMILES string of the molecule is O=C(NCc1cnc(-c2ccc(-n3ccccc3=O)cc2)[nH]1)c1ccc(Cl)s1. The lowest BCUT2D eigenvalue weighted by atomic mass is 10.2. The first-order chi connectivity index (χ1) is 13.6. The Morgan fingerprint density at radius 1 is 1.14 bits per heavy atom. The smallest absolute Gasteiger partial charge is 0.261 e. The number of pyridine rings is 1. The fraction of sp³-hybridized carbons (Fsp3) is 0.0500. The topological polar surface area (TPSA) is 79.8 Å². The highest BCUT2D eigenvalue weighted by molar-refractivity contribution is 7.17. The number of imidazole rings is 1. The van der Waals surface area contributed by atoms with Crippen LogP contribution in [0.5, 0.6) is 0 Å². The minimum absolute atomic E-state index is 0.0849. The number of rotatable bonds is 5. The van der Waals surface area contributed by atoms with Gasteiger partial charge in [-0.15, -0.1) is 11.3 Å². The summed E-state index contributed by atoms with van der Waals surface area (Å²) in [6, 6.07) is 15.9. The normalized spacial score (nSPS) is 10.8. The summed E-state index contributed by atoms with van der Waals surface area (Å²) in [6.45, 7) is 0.332. The summed E-state index contributed by atoms with van der Waals surface area (Å²) in [6.07, 6.45) is 3.42. The van der Waals surface area contributed by atoms with Crippen molar-refractivity contribution in [1.29, 1.82) is 0 Å². The van der Waals surface area contributed by atoms with Crippen molar-refractivity contribution in [2.75, 3.05) is 0 Å². The standard InChI is InChI=1S/C20H15ClN4O2S/c21-17-9-8-16(28-17)20(27)23-12-14-11-22-19(24-14)13-4-6-15(7-5-13)25-10-2-1-3-18(25)26/h1-11H,12H2,(H,22,24)(H,23,27). The van der Waals surface area contributed by atoms with Crippen LogP contribution in [0.2, 0.25) is 4.34 Å². The van der Waals surface area contributed by atoms with Crippen LogP contribution in [0.3, 0.4) is 0 Å². The molecule has 0 saturated carbocycles. The highest BCUT2D eigenvalue weighted by atomic mass is 35.5. The third-order valence-electron chi connectivity index (χ3n) is 4.11. The van der Waals surface area contributed by atoms with Crippen molar-refractivity contribution in [3.63, 3.8) is 0 Å². The highest BCUT2D eigenvalue weighted by Crippen LogP contribution is 2.21. The number of aromatic amines is 1. The first-order valence-corrected chi connectivity index (χ1v) is 9.65. The zero-order chi connectivity index (χ0) is 19.5. The fourth-order valence-corrected chi connectivity index (χ4v) is 3.67. The Morgan fingerprint density at radius 2 is 1.96 bits per heavy atom. The van der Waals surface area contributed by atoms with Crippen LogP contribution in [0.25, 0.3) is 17.1 Å². The summed E-state index contributed by atoms with van der Waals surface area (Å²) in [5.41, 5.74) is 2.37. The van der Waals surface area contributed by atoms with Crippen molar-refractivity contribution in [3.8, 4) is 17.1 Å². The summed E-state index contributed by atoms with van der Waals surface area (Å²) in [5, 5.41) is 2.83. The number of amides is 1. The largest absolute Gasteiger partial charge is 0.346 e. The van der Waals surface area contributed by atoms with Gasteiger partial charge in [0.15, 0.2) is 0 Å². The van der Waals surface area contributed by atoms with Gasteiger partial charge in [0.05, 0.1) is 27.6 Å². The average Bonchev–Trinajstić information content (AvgIpc) is 3.36. The number of halogens is 1. The molecule has 2 N–H and O–H groups in total. The molecule has 0 aliphatic heterocycles. The average molecular weight is 411 g/mol. The molecular weight excluding hydrogens is 396 g/mol. The first-order valence-electron chi connectivity index (χ1n) is 8.46. The second-order valence-corrected chi connectivity index (χ2v) is 7.71. The van der Waals surface area contributed by atoms with Gasteiger partial charge in [-0.1, -0.05) is 17.7 Å². The van der Waals surface area contributed by atoms with Crippen LogP contribution >= 0.6 is 22.9 Å². The van der Waals surface area contributed by atoms with E-state index >= 15 is 0 Å². The molecule has 140 valence electrons. The molecule has 3 aromatic heterocycles. The first kappa shape index (κ1) is 18.2. The van der Waals surface area contributed by atoms with Crippen molar-refractivity contribution in [3.05, 3.63) is 92.3 Å². The quantitative estimate of drug-likeness (QED) is 0.524. The monoisotopic (exact) mass is 410 g/mol. The van der Waals surface area contributed by atoms with Crippen LogP contribution in [0.1, 0.15) is 15.4 Å². The maximum Gasteiger partial charge on any atom is 0.261 e. The second-order valence-electron chi connectivity index (χ2n) is 6.00. The van der Waals surface area contributed by atoms with Crippen LogP contribution in [-0.2, 0) is 6.54 Å². The molecule has 0 aliphatic rings. The minimum Gasteiger partial charge on any atom is -0.346 e. The summed E-state index contributed by atoms with van der Waals surface area (Å²) < 4.78 is 2.15. The molecule has 6 nitrogen and oxygen atoms in total. The molecule has 4 aromatic rings. The molecule has 0 unspecified atom stereocenters. The molecule has 0 atom stereocenters. The van der Waals surface area contributed by atoms with Gasteiger partial charge < -0.3 is 10.3 Å².